The summed E-state index contributed by atoms with van der Waals surface area (Å²) in [4.78, 5) is 11.4. The summed E-state index contributed by atoms with van der Waals surface area (Å²) >= 11 is 0. The van der Waals surface area contributed by atoms with Gasteiger partial charge in [-0.25, -0.2) is 9.97 Å². The number of nitrogens with zero attached hydrogens (tertiary/aromatic N) is 3. The van der Waals surface area contributed by atoms with Crippen LogP contribution in [0.5, 0.6) is 0 Å². The molecule has 0 bridgehead atoms. The Balaban J connectivity index is 1.75. The lowest BCUT2D eigenvalue weighted by atomic mass is 10.2. The molecule has 146 valence electrons. The predicted octanol–water partition coefficient (Wildman–Crippen LogP) is 1.87. The summed E-state index contributed by atoms with van der Waals surface area (Å²) in [5.74, 6) is 2.11. The molecule has 3 rings (SSSR count). The molecule has 1 aromatic heterocycles. The standard InChI is InChI=1S/C19H28N6O2/c1-14-4-3-5-15(12-14)21-13-22-18-17(20)19(25-7-10-27-11-8-25)24-16(23-18)6-9-26-2/h3-5,12,21H,6-11,13,20H2,1-2H3,(H,22,23,24). The van der Waals surface area contributed by atoms with Crippen LogP contribution < -0.4 is 21.3 Å². The molecule has 0 radical (unpaired) electrons. The number of benzene rings is 1. The van der Waals surface area contributed by atoms with Crippen LogP contribution in [0.25, 0.3) is 0 Å². The quantitative estimate of drug-likeness (QED) is 0.604. The maximum atomic E-state index is 6.39. The van der Waals surface area contributed by atoms with E-state index in [4.69, 9.17) is 15.2 Å². The Morgan fingerprint density at radius 3 is 2.78 bits per heavy atom. The van der Waals surface area contributed by atoms with Crippen LogP contribution in [0.1, 0.15) is 11.4 Å². The molecule has 0 atom stereocenters. The molecular weight excluding hydrogens is 344 g/mol. The minimum absolute atomic E-state index is 0.511. The van der Waals surface area contributed by atoms with E-state index in [1.165, 1.54) is 5.56 Å². The summed E-state index contributed by atoms with van der Waals surface area (Å²) in [5.41, 5.74) is 9.20. The van der Waals surface area contributed by atoms with Crippen molar-refractivity contribution in [3.8, 4) is 0 Å². The lowest BCUT2D eigenvalue weighted by Gasteiger charge is -2.29. The van der Waals surface area contributed by atoms with Crippen LogP contribution in [-0.2, 0) is 15.9 Å². The van der Waals surface area contributed by atoms with Gasteiger partial charge in [0.25, 0.3) is 0 Å². The molecule has 2 aromatic rings. The molecule has 1 saturated heterocycles. The summed E-state index contributed by atoms with van der Waals surface area (Å²) in [6.45, 7) is 6.03. The predicted molar refractivity (Wildman–Crippen MR) is 108 cm³/mol. The number of aromatic nitrogens is 2. The molecule has 4 N–H and O–H groups in total. The Bertz CT molecular complexity index is 749. The number of aryl methyl sites for hydroxylation is 1. The van der Waals surface area contributed by atoms with Crippen LogP contribution in [0.3, 0.4) is 0 Å². The highest BCUT2D eigenvalue weighted by Crippen LogP contribution is 2.28. The number of morpholine rings is 1. The number of hydrogen-bond donors (Lipinski definition) is 3. The third-order valence-electron chi connectivity index (χ3n) is 4.38. The molecule has 1 aliphatic heterocycles. The van der Waals surface area contributed by atoms with Crippen LogP contribution >= 0.6 is 0 Å². The van der Waals surface area contributed by atoms with Gasteiger partial charge in [-0.15, -0.1) is 0 Å². The second-order valence-electron chi connectivity index (χ2n) is 6.47. The second-order valence-corrected chi connectivity index (χ2v) is 6.47. The number of nitrogen functional groups attached to an aromatic ring is 1. The van der Waals surface area contributed by atoms with Gasteiger partial charge in [-0.1, -0.05) is 12.1 Å². The third kappa shape index (κ3) is 5.21. The van der Waals surface area contributed by atoms with Gasteiger partial charge in [-0.3, -0.25) is 0 Å². The minimum atomic E-state index is 0.511. The van der Waals surface area contributed by atoms with E-state index in [0.29, 0.717) is 50.2 Å². The number of hydrogen-bond acceptors (Lipinski definition) is 8. The maximum Gasteiger partial charge on any atom is 0.157 e. The second kappa shape index (κ2) is 9.38. The van der Waals surface area contributed by atoms with Crippen molar-refractivity contribution in [3.63, 3.8) is 0 Å². The first-order chi connectivity index (χ1) is 13.2. The van der Waals surface area contributed by atoms with E-state index >= 15 is 0 Å². The Morgan fingerprint density at radius 2 is 2.04 bits per heavy atom. The van der Waals surface area contributed by atoms with E-state index in [-0.39, 0.29) is 0 Å². The fraction of sp³-hybridized carbons (Fsp3) is 0.474. The van der Waals surface area contributed by atoms with Crippen LogP contribution in [-0.4, -0.2) is 56.7 Å². The molecule has 27 heavy (non-hydrogen) atoms. The average molecular weight is 372 g/mol. The first kappa shape index (κ1) is 19.2. The molecule has 1 aromatic carbocycles. The maximum absolute atomic E-state index is 6.39. The molecule has 0 aliphatic carbocycles. The van der Waals surface area contributed by atoms with Gasteiger partial charge in [0.15, 0.2) is 11.6 Å². The van der Waals surface area contributed by atoms with Crippen molar-refractivity contribution in [1.29, 1.82) is 0 Å². The molecule has 0 spiro atoms. The lowest BCUT2D eigenvalue weighted by Crippen LogP contribution is -2.37. The van der Waals surface area contributed by atoms with Gasteiger partial charge in [-0.2, -0.15) is 0 Å². The number of anilines is 4. The van der Waals surface area contributed by atoms with Gasteiger partial charge in [0.2, 0.25) is 0 Å². The van der Waals surface area contributed by atoms with Crippen molar-refractivity contribution in [2.24, 2.45) is 0 Å². The Labute approximate surface area is 160 Å². The fourth-order valence-electron chi connectivity index (χ4n) is 2.94. The molecule has 8 nitrogen and oxygen atoms in total. The zero-order valence-corrected chi connectivity index (χ0v) is 16.0. The summed E-state index contributed by atoms with van der Waals surface area (Å²) in [6, 6.07) is 8.21. The highest BCUT2D eigenvalue weighted by Gasteiger charge is 2.19. The van der Waals surface area contributed by atoms with Crippen molar-refractivity contribution in [1.82, 2.24) is 9.97 Å². The summed E-state index contributed by atoms with van der Waals surface area (Å²) in [6.07, 6.45) is 0.633. The number of rotatable bonds is 8. The molecule has 0 saturated carbocycles. The largest absolute Gasteiger partial charge is 0.393 e. The number of nitrogens with two attached hydrogens (primary N) is 1. The van der Waals surface area contributed by atoms with E-state index in [1.54, 1.807) is 7.11 Å². The van der Waals surface area contributed by atoms with Crippen molar-refractivity contribution < 1.29 is 9.47 Å². The van der Waals surface area contributed by atoms with E-state index in [1.807, 2.05) is 12.1 Å². The lowest BCUT2D eigenvalue weighted by molar-refractivity contribution is 0.122. The van der Waals surface area contributed by atoms with E-state index in [2.05, 4.69) is 44.6 Å². The van der Waals surface area contributed by atoms with Gasteiger partial charge in [0, 0.05) is 32.3 Å². The Morgan fingerprint density at radius 1 is 1.22 bits per heavy atom. The molecule has 0 amide bonds. The van der Waals surface area contributed by atoms with Crippen LogP contribution in [0.4, 0.5) is 23.0 Å². The zero-order valence-electron chi connectivity index (χ0n) is 16.0. The van der Waals surface area contributed by atoms with Crippen LogP contribution in [0, 0.1) is 6.92 Å². The third-order valence-corrected chi connectivity index (χ3v) is 4.38. The first-order valence-electron chi connectivity index (χ1n) is 9.20. The van der Waals surface area contributed by atoms with Crippen molar-refractivity contribution in [2.45, 2.75) is 13.3 Å². The Kier molecular flexibility index (Phi) is 6.67. The summed E-state index contributed by atoms with van der Waals surface area (Å²) in [5, 5.41) is 6.63. The van der Waals surface area contributed by atoms with Crippen LogP contribution in [0.2, 0.25) is 0 Å². The Hall–Kier alpha value is -2.58. The molecule has 2 heterocycles. The van der Waals surface area contributed by atoms with E-state index in [9.17, 15) is 0 Å². The number of ether oxygens (including phenoxy) is 2. The van der Waals surface area contributed by atoms with E-state index in [0.717, 1.165) is 24.6 Å². The van der Waals surface area contributed by atoms with Crippen LogP contribution in [0.15, 0.2) is 24.3 Å². The highest BCUT2D eigenvalue weighted by atomic mass is 16.5. The zero-order chi connectivity index (χ0) is 19.1. The number of methoxy groups -OCH3 is 1. The summed E-state index contributed by atoms with van der Waals surface area (Å²) < 4.78 is 10.6. The molecule has 0 unspecified atom stereocenters. The minimum Gasteiger partial charge on any atom is -0.393 e. The van der Waals surface area contributed by atoms with Gasteiger partial charge in [0.05, 0.1) is 26.5 Å². The summed E-state index contributed by atoms with van der Waals surface area (Å²) in [7, 11) is 1.67. The van der Waals surface area contributed by atoms with Gasteiger partial charge >= 0.3 is 0 Å². The number of nitrogens with one attached hydrogen (secondary N) is 2. The molecular formula is C19H28N6O2. The topological polar surface area (TPSA) is 97.6 Å². The molecule has 1 fully saturated rings. The smallest absolute Gasteiger partial charge is 0.157 e. The van der Waals surface area contributed by atoms with E-state index < -0.39 is 0 Å². The van der Waals surface area contributed by atoms with Crippen molar-refractivity contribution in [3.05, 3.63) is 35.7 Å². The molecule has 1 aliphatic rings. The monoisotopic (exact) mass is 372 g/mol. The van der Waals surface area contributed by atoms with Crippen molar-refractivity contribution >= 4 is 23.0 Å². The van der Waals surface area contributed by atoms with Crippen molar-refractivity contribution in [2.75, 3.05) is 68.0 Å². The highest BCUT2D eigenvalue weighted by molar-refractivity contribution is 5.75. The molecule has 8 heteroatoms. The van der Waals surface area contributed by atoms with Gasteiger partial charge < -0.3 is 30.7 Å². The average Bonchev–Trinajstić information content (AvgIpc) is 2.69. The van der Waals surface area contributed by atoms with Gasteiger partial charge in [0.1, 0.15) is 11.5 Å². The first-order valence-corrected chi connectivity index (χ1v) is 9.20. The SMILES string of the molecule is COCCc1nc(NCNc2cccc(C)c2)c(N)c(N2CCOCC2)n1. The normalized spacial score (nSPS) is 14.2. The van der Waals surface area contributed by atoms with Gasteiger partial charge in [-0.05, 0) is 24.6 Å². The fourth-order valence-corrected chi connectivity index (χ4v) is 2.94.